The lowest BCUT2D eigenvalue weighted by Gasteiger charge is -2.32. The summed E-state index contributed by atoms with van der Waals surface area (Å²) in [6, 6.07) is 14.6. The molecule has 2 aliphatic rings. The van der Waals surface area contributed by atoms with E-state index >= 15 is 0 Å². The Morgan fingerprint density at radius 1 is 1.18 bits per heavy atom. The van der Waals surface area contributed by atoms with E-state index in [1.54, 1.807) is 0 Å². The normalized spacial score (nSPS) is 18.6. The maximum absolute atomic E-state index is 12.4. The van der Waals surface area contributed by atoms with Gasteiger partial charge in [0.1, 0.15) is 12.4 Å². The predicted molar refractivity (Wildman–Crippen MR) is 136 cm³/mol. The van der Waals surface area contributed by atoms with Crippen LogP contribution in [0.1, 0.15) is 53.9 Å². The number of benzene rings is 2. The van der Waals surface area contributed by atoms with Gasteiger partial charge < -0.3 is 19.8 Å². The van der Waals surface area contributed by atoms with Crippen LogP contribution in [0, 0.1) is 0 Å². The van der Waals surface area contributed by atoms with Gasteiger partial charge in [-0.25, -0.2) is 4.79 Å². The maximum Gasteiger partial charge on any atom is 0.337 e. The fourth-order valence-corrected chi connectivity index (χ4v) is 5.80. The van der Waals surface area contributed by atoms with Crippen molar-refractivity contribution in [2.75, 3.05) is 33.9 Å². The Kier molecular flexibility index (Phi) is 6.61. The lowest BCUT2D eigenvalue weighted by molar-refractivity contribution is 0.0601. The van der Waals surface area contributed by atoms with Gasteiger partial charge in [0.25, 0.3) is 0 Å². The molecule has 180 valence electrons. The highest BCUT2D eigenvalue weighted by molar-refractivity contribution is 5.99. The zero-order valence-corrected chi connectivity index (χ0v) is 20.3. The van der Waals surface area contributed by atoms with Crippen molar-refractivity contribution in [1.82, 2.24) is 9.47 Å². The molecule has 3 aromatic rings. The molecule has 2 N–H and O–H groups in total. The van der Waals surface area contributed by atoms with Gasteiger partial charge in [-0.2, -0.15) is 0 Å². The molecule has 0 saturated heterocycles. The highest BCUT2D eigenvalue weighted by atomic mass is 16.5. The van der Waals surface area contributed by atoms with Gasteiger partial charge in [0.05, 0.1) is 24.4 Å². The molecule has 0 spiro atoms. The number of aromatic nitrogens is 1. The van der Waals surface area contributed by atoms with Crippen LogP contribution in [-0.2, 0) is 11.3 Å². The molecule has 1 aromatic heterocycles. The number of likely N-dealkylation sites (N-methyl/N-ethyl adjacent to an activating group) is 1. The fourth-order valence-electron chi connectivity index (χ4n) is 5.80. The van der Waals surface area contributed by atoms with Crippen LogP contribution in [0.3, 0.4) is 0 Å². The Morgan fingerprint density at radius 3 is 2.74 bits per heavy atom. The van der Waals surface area contributed by atoms with E-state index in [2.05, 4.69) is 40.8 Å². The molecule has 2 heterocycles. The molecule has 1 aliphatic carbocycles. The van der Waals surface area contributed by atoms with Crippen LogP contribution in [0.4, 0.5) is 0 Å². The van der Waals surface area contributed by atoms with E-state index in [-0.39, 0.29) is 12.0 Å². The number of hydrogen-bond donors (Lipinski definition) is 1. The molecule has 5 rings (SSSR count). The van der Waals surface area contributed by atoms with Gasteiger partial charge in [0.2, 0.25) is 0 Å². The number of para-hydroxylation sites is 1. The van der Waals surface area contributed by atoms with E-state index in [1.165, 1.54) is 55.9 Å². The first-order valence-corrected chi connectivity index (χ1v) is 12.5. The first kappa shape index (κ1) is 22.9. The van der Waals surface area contributed by atoms with Crippen LogP contribution in [0.2, 0.25) is 0 Å². The first-order chi connectivity index (χ1) is 16.6. The van der Waals surface area contributed by atoms with Crippen molar-refractivity contribution in [1.29, 1.82) is 0 Å². The highest BCUT2D eigenvalue weighted by Gasteiger charge is 2.31. The Hall–Kier alpha value is -2.83. The summed E-state index contributed by atoms with van der Waals surface area (Å²) in [7, 11) is 3.55. The lowest BCUT2D eigenvalue weighted by atomic mass is 9.81. The van der Waals surface area contributed by atoms with E-state index in [0.717, 1.165) is 29.9 Å². The van der Waals surface area contributed by atoms with Gasteiger partial charge in [-0.3, -0.25) is 4.90 Å². The molecule has 0 radical (unpaired) electrons. The van der Waals surface area contributed by atoms with Crippen LogP contribution >= 0.6 is 0 Å². The van der Waals surface area contributed by atoms with Gasteiger partial charge >= 0.3 is 5.97 Å². The summed E-state index contributed by atoms with van der Waals surface area (Å²) in [5.74, 6) is 1.12. The van der Waals surface area contributed by atoms with Crippen LogP contribution in [0.25, 0.3) is 22.2 Å². The molecule has 6 nitrogen and oxygen atoms in total. The van der Waals surface area contributed by atoms with Crippen molar-refractivity contribution in [3.63, 3.8) is 0 Å². The van der Waals surface area contributed by atoms with E-state index < -0.39 is 0 Å². The number of esters is 1. The van der Waals surface area contributed by atoms with Crippen LogP contribution in [0.15, 0.2) is 42.5 Å². The molecule has 0 bridgehead atoms. The zero-order chi connectivity index (χ0) is 23.7. The van der Waals surface area contributed by atoms with Gasteiger partial charge in [-0.15, -0.1) is 0 Å². The van der Waals surface area contributed by atoms with E-state index in [4.69, 9.17) is 15.2 Å². The Morgan fingerprint density at radius 2 is 1.97 bits per heavy atom. The number of carbonyl (C=O) groups excluding carboxylic acids is 1. The molecule has 0 unspecified atom stereocenters. The number of nitrogens with two attached hydrogens (primary N) is 1. The molecular formula is C28H35N3O3. The van der Waals surface area contributed by atoms with Crippen molar-refractivity contribution in [2.45, 2.75) is 50.6 Å². The van der Waals surface area contributed by atoms with Gasteiger partial charge in [-0.1, -0.05) is 37.5 Å². The Bertz CT molecular complexity index is 1180. The SMILES string of the molecule is COC(=O)c1ccc2c(C3CCCCC3)c3n(c2c1)C[C@@H](N(C)CCN)COc1ccccc1-3. The molecule has 1 aliphatic heterocycles. The number of carbonyl (C=O) groups is 1. The number of fused-ring (bicyclic) bond motifs is 5. The number of rotatable bonds is 5. The van der Waals surface area contributed by atoms with E-state index in [9.17, 15) is 4.79 Å². The van der Waals surface area contributed by atoms with Gasteiger partial charge in [-0.05, 0) is 55.6 Å². The number of nitrogens with zero attached hydrogens (tertiary/aromatic N) is 2. The first-order valence-electron chi connectivity index (χ1n) is 12.5. The van der Waals surface area contributed by atoms with Crippen LogP contribution < -0.4 is 10.5 Å². The highest BCUT2D eigenvalue weighted by Crippen LogP contribution is 2.47. The van der Waals surface area contributed by atoms with Crippen LogP contribution in [-0.4, -0.2) is 55.3 Å². The second kappa shape index (κ2) is 9.80. The topological polar surface area (TPSA) is 69.7 Å². The smallest absolute Gasteiger partial charge is 0.337 e. The summed E-state index contributed by atoms with van der Waals surface area (Å²) in [5.41, 5.74) is 11.4. The monoisotopic (exact) mass is 461 g/mol. The Balaban J connectivity index is 1.78. The molecule has 34 heavy (non-hydrogen) atoms. The lowest BCUT2D eigenvalue weighted by Crippen LogP contribution is -2.43. The number of hydrogen-bond acceptors (Lipinski definition) is 5. The minimum absolute atomic E-state index is 0.159. The average Bonchev–Trinajstić information content (AvgIpc) is 3.17. The van der Waals surface area contributed by atoms with Crippen LogP contribution in [0.5, 0.6) is 5.75 Å². The van der Waals surface area contributed by atoms with Crippen molar-refractivity contribution in [3.05, 3.63) is 53.6 Å². The van der Waals surface area contributed by atoms with E-state index in [1.807, 2.05) is 18.2 Å². The summed E-state index contributed by atoms with van der Waals surface area (Å²) in [6.07, 6.45) is 6.23. The largest absolute Gasteiger partial charge is 0.491 e. The Labute approximate surface area is 201 Å². The minimum Gasteiger partial charge on any atom is -0.491 e. The molecule has 1 fully saturated rings. The average molecular weight is 462 g/mol. The van der Waals surface area contributed by atoms with Crippen molar-refractivity contribution in [2.24, 2.45) is 5.73 Å². The summed E-state index contributed by atoms with van der Waals surface area (Å²) < 4.78 is 13.9. The second-order valence-corrected chi connectivity index (χ2v) is 9.66. The minimum atomic E-state index is -0.303. The molecule has 0 amide bonds. The summed E-state index contributed by atoms with van der Waals surface area (Å²) in [4.78, 5) is 14.7. The second-order valence-electron chi connectivity index (χ2n) is 9.66. The van der Waals surface area contributed by atoms with Gasteiger partial charge in [0, 0.05) is 36.1 Å². The van der Waals surface area contributed by atoms with Gasteiger partial charge in [0.15, 0.2) is 0 Å². The standard InChI is InChI=1S/C28H35N3O3/c1-30(15-14-29)21-17-31-24-16-20(28(32)33-2)12-13-22(24)26(19-8-4-3-5-9-19)27(31)23-10-6-7-11-25(23)34-18-21/h6-7,10-13,16,19,21H,3-5,8-9,14-15,17-18,29H2,1-2H3/t21-/m1/s1. The molecular weight excluding hydrogens is 426 g/mol. The third-order valence-corrected chi connectivity index (χ3v) is 7.61. The molecule has 1 atom stereocenters. The van der Waals surface area contributed by atoms with Crippen molar-refractivity contribution < 1.29 is 14.3 Å². The molecule has 2 aromatic carbocycles. The van der Waals surface area contributed by atoms with Crippen molar-refractivity contribution >= 4 is 16.9 Å². The third kappa shape index (κ3) is 4.10. The molecule has 1 saturated carbocycles. The van der Waals surface area contributed by atoms with Crippen molar-refractivity contribution in [3.8, 4) is 17.0 Å². The third-order valence-electron chi connectivity index (χ3n) is 7.61. The quantitative estimate of drug-likeness (QED) is 0.553. The summed E-state index contributed by atoms with van der Waals surface area (Å²) >= 11 is 0. The summed E-state index contributed by atoms with van der Waals surface area (Å²) in [6.45, 7) is 2.76. The predicted octanol–water partition coefficient (Wildman–Crippen LogP) is 4.79. The molecule has 6 heteroatoms. The number of ether oxygens (including phenoxy) is 2. The summed E-state index contributed by atoms with van der Waals surface area (Å²) in [5, 5.41) is 1.24. The zero-order valence-electron chi connectivity index (χ0n) is 20.3. The fraction of sp³-hybridized carbons (Fsp3) is 0.464. The van der Waals surface area contributed by atoms with E-state index in [0.29, 0.717) is 24.6 Å². The maximum atomic E-state index is 12.4. The number of methoxy groups -OCH3 is 1.